The lowest BCUT2D eigenvalue weighted by Gasteiger charge is -2.35. The second-order valence-electron chi connectivity index (χ2n) is 6.02. The van der Waals surface area contributed by atoms with Gasteiger partial charge in [0.2, 0.25) is 5.91 Å². The van der Waals surface area contributed by atoms with Crippen LogP contribution in [0.15, 0.2) is 0 Å². The van der Waals surface area contributed by atoms with Crippen LogP contribution in [0.4, 0.5) is 0 Å². The Balaban J connectivity index is 4.59. The maximum Gasteiger partial charge on any atom is 0.219 e. The van der Waals surface area contributed by atoms with Crippen molar-refractivity contribution < 1.29 is 15.0 Å². The topological polar surface area (TPSA) is 60.8 Å². The smallest absolute Gasteiger partial charge is 0.219 e. The summed E-state index contributed by atoms with van der Waals surface area (Å²) in [6.45, 7) is 10.2. The fourth-order valence-electron chi connectivity index (χ4n) is 1.41. The third-order valence-corrected chi connectivity index (χ3v) is 2.54. The fraction of sp³-hybridized carbons (Fsp3) is 0.917. The molecule has 0 saturated carbocycles. The Bertz CT molecular complexity index is 218. The molecule has 0 fully saturated rings. The molecule has 0 aliphatic rings. The van der Waals surface area contributed by atoms with E-state index in [-0.39, 0.29) is 30.0 Å². The predicted molar refractivity (Wildman–Crippen MR) is 64.0 cm³/mol. The quantitative estimate of drug-likeness (QED) is 0.713. The van der Waals surface area contributed by atoms with Crippen molar-refractivity contribution in [3.8, 4) is 0 Å². The van der Waals surface area contributed by atoms with Gasteiger partial charge in [-0.1, -0.05) is 27.7 Å². The Kier molecular flexibility index (Phi) is 5.42. The highest BCUT2D eigenvalue weighted by molar-refractivity contribution is 5.73. The largest absolute Gasteiger partial charge is 0.396 e. The lowest BCUT2D eigenvalue weighted by molar-refractivity contribution is -0.132. The van der Waals surface area contributed by atoms with Gasteiger partial charge in [0.15, 0.2) is 0 Å². The lowest BCUT2D eigenvalue weighted by Crippen LogP contribution is -2.44. The second kappa shape index (κ2) is 5.64. The zero-order chi connectivity index (χ0) is 13.0. The number of carbonyl (C=O) groups excluding carboxylic acids is 1. The molecule has 0 aromatic heterocycles. The summed E-state index contributed by atoms with van der Waals surface area (Å²) in [7, 11) is 0. The van der Waals surface area contributed by atoms with Gasteiger partial charge in [-0.15, -0.1) is 0 Å². The standard InChI is InChI=1S/C12H25NO3/c1-10(16)13(6-11(2,3)8-14)7-12(4,5)9-15/h14-15H,6-9H2,1-5H3. The number of amides is 1. The molecular formula is C12H25NO3. The highest BCUT2D eigenvalue weighted by Crippen LogP contribution is 2.21. The Morgan fingerprint density at radius 2 is 1.31 bits per heavy atom. The molecule has 0 bridgehead atoms. The van der Waals surface area contributed by atoms with E-state index in [1.165, 1.54) is 6.92 Å². The van der Waals surface area contributed by atoms with Crippen LogP contribution in [-0.4, -0.2) is 47.3 Å². The molecule has 0 aliphatic heterocycles. The molecule has 0 saturated heterocycles. The fourth-order valence-corrected chi connectivity index (χ4v) is 1.41. The van der Waals surface area contributed by atoms with Gasteiger partial charge < -0.3 is 15.1 Å². The van der Waals surface area contributed by atoms with E-state index in [0.717, 1.165) is 0 Å². The van der Waals surface area contributed by atoms with E-state index in [1.54, 1.807) is 4.90 Å². The van der Waals surface area contributed by atoms with Crippen LogP contribution in [0.25, 0.3) is 0 Å². The van der Waals surface area contributed by atoms with E-state index >= 15 is 0 Å². The molecule has 0 heterocycles. The van der Waals surface area contributed by atoms with E-state index < -0.39 is 0 Å². The Hall–Kier alpha value is -0.610. The van der Waals surface area contributed by atoms with Crippen molar-refractivity contribution in [3.63, 3.8) is 0 Å². The average Bonchev–Trinajstić information content (AvgIpc) is 2.16. The van der Waals surface area contributed by atoms with E-state index in [1.807, 2.05) is 27.7 Å². The molecule has 96 valence electrons. The summed E-state index contributed by atoms with van der Waals surface area (Å²) < 4.78 is 0. The predicted octanol–water partition coefficient (Wildman–Crippen LogP) is 0.872. The molecule has 4 heteroatoms. The van der Waals surface area contributed by atoms with Gasteiger partial charge in [-0.2, -0.15) is 0 Å². The summed E-state index contributed by atoms with van der Waals surface area (Å²) in [4.78, 5) is 13.2. The monoisotopic (exact) mass is 231 g/mol. The Morgan fingerprint density at radius 3 is 1.50 bits per heavy atom. The van der Waals surface area contributed by atoms with Crippen molar-refractivity contribution in [2.24, 2.45) is 10.8 Å². The van der Waals surface area contributed by atoms with Gasteiger partial charge in [-0.25, -0.2) is 0 Å². The van der Waals surface area contributed by atoms with E-state index in [0.29, 0.717) is 13.1 Å². The second-order valence-corrected chi connectivity index (χ2v) is 6.02. The Morgan fingerprint density at radius 1 is 1.00 bits per heavy atom. The summed E-state index contributed by atoms with van der Waals surface area (Å²) in [5, 5.41) is 18.4. The first-order chi connectivity index (χ1) is 7.13. The molecule has 0 atom stereocenters. The number of rotatable bonds is 6. The van der Waals surface area contributed by atoms with E-state index in [4.69, 9.17) is 0 Å². The first-order valence-electron chi connectivity index (χ1n) is 5.61. The summed E-state index contributed by atoms with van der Waals surface area (Å²) in [6, 6.07) is 0. The van der Waals surface area contributed by atoms with Crippen LogP contribution in [0.2, 0.25) is 0 Å². The molecule has 0 spiro atoms. The van der Waals surface area contributed by atoms with Gasteiger partial charge in [0, 0.05) is 44.1 Å². The normalized spacial score (nSPS) is 12.7. The molecule has 16 heavy (non-hydrogen) atoms. The minimum absolute atomic E-state index is 0.0250. The number of carbonyl (C=O) groups is 1. The van der Waals surface area contributed by atoms with Crippen LogP contribution < -0.4 is 0 Å². The molecule has 1 amide bonds. The molecule has 2 N–H and O–H groups in total. The van der Waals surface area contributed by atoms with Crippen molar-refractivity contribution in [3.05, 3.63) is 0 Å². The van der Waals surface area contributed by atoms with Crippen LogP contribution in [0.1, 0.15) is 34.6 Å². The molecule has 4 nitrogen and oxygen atoms in total. The number of hydrogen-bond donors (Lipinski definition) is 2. The van der Waals surface area contributed by atoms with Gasteiger partial charge >= 0.3 is 0 Å². The number of hydrogen-bond acceptors (Lipinski definition) is 3. The summed E-state index contributed by atoms with van der Waals surface area (Å²) in [5.41, 5.74) is -0.617. The maximum absolute atomic E-state index is 11.5. The van der Waals surface area contributed by atoms with Crippen molar-refractivity contribution in [2.75, 3.05) is 26.3 Å². The Labute approximate surface area is 98.3 Å². The minimum atomic E-state index is -0.308. The van der Waals surface area contributed by atoms with Crippen molar-refractivity contribution in [1.29, 1.82) is 0 Å². The summed E-state index contributed by atoms with van der Waals surface area (Å²) in [5.74, 6) is -0.0250. The molecular weight excluding hydrogens is 206 g/mol. The van der Waals surface area contributed by atoms with Gasteiger partial charge in [0.1, 0.15) is 0 Å². The van der Waals surface area contributed by atoms with Crippen LogP contribution in [0.3, 0.4) is 0 Å². The SMILES string of the molecule is CC(=O)N(CC(C)(C)CO)CC(C)(C)CO. The third kappa shape index (κ3) is 5.47. The van der Waals surface area contributed by atoms with Crippen LogP contribution in [0, 0.1) is 10.8 Å². The van der Waals surface area contributed by atoms with Gasteiger partial charge in [-0.05, 0) is 0 Å². The van der Waals surface area contributed by atoms with Gasteiger partial charge in [0.05, 0.1) is 0 Å². The zero-order valence-electron chi connectivity index (χ0n) is 11.1. The molecule has 0 aliphatic carbocycles. The molecule has 0 radical (unpaired) electrons. The number of aliphatic hydroxyl groups is 2. The van der Waals surface area contributed by atoms with Crippen LogP contribution >= 0.6 is 0 Å². The molecule has 0 aromatic rings. The number of aliphatic hydroxyl groups excluding tert-OH is 2. The number of nitrogens with zero attached hydrogens (tertiary/aromatic N) is 1. The van der Waals surface area contributed by atoms with Crippen LogP contribution in [-0.2, 0) is 4.79 Å². The zero-order valence-corrected chi connectivity index (χ0v) is 11.1. The summed E-state index contributed by atoms with van der Waals surface area (Å²) >= 11 is 0. The van der Waals surface area contributed by atoms with E-state index in [2.05, 4.69) is 0 Å². The highest BCUT2D eigenvalue weighted by Gasteiger charge is 2.27. The van der Waals surface area contributed by atoms with Gasteiger partial charge in [-0.3, -0.25) is 4.79 Å². The first-order valence-corrected chi connectivity index (χ1v) is 5.61. The van der Waals surface area contributed by atoms with Crippen molar-refractivity contribution >= 4 is 5.91 Å². The maximum atomic E-state index is 11.5. The van der Waals surface area contributed by atoms with Crippen LogP contribution in [0.5, 0.6) is 0 Å². The average molecular weight is 231 g/mol. The third-order valence-electron chi connectivity index (χ3n) is 2.54. The molecule has 0 unspecified atom stereocenters. The molecule has 0 rings (SSSR count). The van der Waals surface area contributed by atoms with Gasteiger partial charge in [0.25, 0.3) is 0 Å². The molecule has 0 aromatic carbocycles. The minimum Gasteiger partial charge on any atom is -0.396 e. The summed E-state index contributed by atoms with van der Waals surface area (Å²) in [6.07, 6.45) is 0. The van der Waals surface area contributed by atoms with E-state index in [9.17, 15) is 15.0 Å². The first kappa shape index (κ1) is 15.4. The lowest BCUT2D eigenvalue weighted by atomic mass is 9.90. The van der Waals surface area contributed by atoms with Crippen molar-refractivity contribution in [1.82, 2.24) is 4.90 Å². The van der Waals surface area contributed by atoms with Crippen molar-refractivity contribution in [2.45, 2.75) is 34.6 Å². The highest BCUT2D eigenvalue weighted by atomic mass is 16.3.